The van der Waals surface area contributed by atoms with Crippen LogP contribution in [0.15, 0.2) is 54.0 Å². The predicted molar refractivity (Wildman–Crippen MR) is 128 cm³/mol. The van der Waals surface area contributed by atoms with Crippen molar-refractivity contribution in [2.45, 2.75) is 38.3 Å². The summed E-state index contributed by atoms with van der Waals surface area (Å²) in [5, 5.41) is 22.8. The Kier molecular flexibility index (Phi) is 5.91. The highest BCUT2D eigenvalue weighted by Crippen LogP contribution is 2.44. The Morgan fingerprint density at radius 2 is 2.06 bits per heavy atom. The van der Waals surface area contributed by atoms with Gasteiger partial charge in [0.05, 0.1) is 35.2 Å². The Hall–Kier alpha value is -3.70. The molecule has 33 heavy (non-hydrogen) atoms. The molecule has 2 atom stereocenters. The lowest BCUT2D eigenvalue weighted by Crippen LogP contribution is -2.62. The van der Waals surface area contributed by atoms with Crippen LogP contribution in [-0.4, -0.2) is 34.9 Å². The van der Waals surface area contributed by atoms with Crippen LogP contribution in [0.2, 0.25) is 0 Å². The monoisotopic (exact) mass is 459 g/mol. The number of ether oxygens (including phenoxy) is 1. The van der Waals surface area contributed by atoms with Crippen molar-refractivity contribution in [3.8, 4) is 22.9 Å². The van der Waals surface area contributed by atoms with Crippen molar-refractivity contribution in [2.24, 2.45) is 0 Å². The van der Waals surface area contributed by atoms with Gasteiger partial charge in [-0.2, -0.15) is 5.26 Å². The molecule has 2 N–H and O–H groups in total. The van der Waals surface area contributed by atoms with Gasteiger partial charge in [0.25, 0.3) is 0 Å². The zero-order valence-electron chi connectivity index (χ0n) is 18.9. The normalized spacial score (nSPS) is 20.5. The molecule has 1 amide bonds. The van der Waals surface area contributed by atoms with Gasteiger partial charge in [-0.3, -0.25) is 20.1 Å². The Balaban J connectivity index is 1.75. The second-order valence-electron chi connectivity index (χ2n) is 8.48. The maximum absolute atomic E-state index is 13.4. The number of amides is 1. The van der Waals surface area contributed by atoms with E-state index in [1.54, 1.807) is 19.3 Å². The van der Waals surface area contributed by atoms with Gasteiger partial charge in [0.15, 0.2) is 5.96 Å². The molecule has 0 aliphatic carbocycles. The topological polar surface area (TPSA) is 102 Å². The number of hydrogen-bond acceptors (Lipinski definition) is 6. The standard InChI is InChI=1S/C25H25N5O2S/c1-15(2)32-19-8-9-20(28-13-19)22-23(31)30(4)24(27)29-25(22,3)21-11-18(14-33-21)17-7-5-6-16(10-17)12-26/h5-11,13-15,22H,1-4H3,(H2,27,29)/t22?,25-/m1/s1. The van der Waals surface area contributed by atoms with E-state index < -0.39 is 11.5 Å². The van der Waals surface area contributed by atoms with Gasteiger partial charge in [0.1, 0.15) is 11.7 Å². The predicted octanol–water partition coefficient (Wildman–Crippen LogP) is 4.46. The van der Waals surface area contributed by atoms with Gasteiger partial charge in [0.2, 0.25) is 5.91 Å². The minimum absolute atomic E-state index is 0.0246. The number of carbonyl (C=O) groups is 1. The number of carbonyl (C=O) groups excluding carboxylic acids is 1. The SMILES string of the molecule is CC(C)Oc1ccc(C2C(=O)N(C)C(=N)N[C@]2(C)c2cc(-c3cccc(C#N)c3)cs2)nc1. The Bertz CT molecular complexity index is 1240. The van der Waals surface area contributed by atoms with Gasteiger partial charge >= 0.3 is 0 Å². The summed E-state index contributed by atoms with van der Waals surface area (Å²) in [5.74, 6) is -0.155. The van der Waals surface area contributed by atoms with Crippen molar-refractivity contribution in [2.75, 3.05) is 7.05 Å². The molecular formula is C25H25N5O2S. The number of guanidine groups is 1. The van der Waals surface area contributed by atoms with Crippen LogP contribution in [-0.2, 0) is 10.3 Å². The molecule has 0 spiro atoms. The van der Waals surface area contributed by atoms with E-state index in [-0.39, 0.29) is 18.0 Å². The summed E-state index contributed by atoms with van der Waals surface area (Å²) >= 11 is 1.51. The lowest BCUT2D eigenvalue weighted by atomic mass is 9.78. The number of aromatic nitrogens is 1. The first kappa shape index (κ1) is 22.5. The third kappa shape index (κ3) is 4.20. The zero-order chi connectivity index (χ0) is 23.8. The Morgan fingerprint density at radius 1 is 1.27 bits per heavy atom. The minimum Gasteiger partial charge on any atom is -0.489 e. The number of rotatable bonds is 5. The maximum Gasteiger partial charge on any atom is 0.240 e. The van der Waals surface area contributed by atoms with Crippen molar-refractivity contribution < 1.29 is 9.53 Å². The molecule has 168 valence electrons. The van der Waals surface area contributed by atoms with E-state index in [2.05, 4.69) is 16.4 Å². The number of thiophene rings is 1. The lowest BCUT2D eigenvalue weighted by Gasteiger charge is -2.44. The largest absolute Gasteiger partial charge is 0.489 e. The number of nitriles is 1. The average molecular weight is 460 g/mol. The summed E-state index contributed by atoms with van der Waals surface area (Å²) in [6.45, 7) is 5.82. The summed E-state index contributed by atoms with van der Waals surface area (Å²) in [6.07, 6.45) is 1.66. The van der Waals surface area contributed by atoms with Crippen molar-refractivity contribution in [1.29, 1.82) is 10.7 Å². The highest BCUT2D eigenvalue weighted by atomic mass is 32.1. The molecule has 2 aromatic heterocycles. The molecule has 1 aliphatic heterocycles. The highest BCUT2D eigenvalue weighted by molar-refractivity contribution is 7.10. The lowest BCUT2D eigenvalue weighted by molar-refractivity contribution is -0.131. The highest BCUT2D eigenvalue weighted by Gasteiger charge is 2.49. The molecule has 1 fully saturated rings. The summed E-state index contributed by atoms with van der Waals surface area (Å²) in [6, 6.07) is 15.2. The first-order valence-corrected chi connectivity index (χ1v) is 11.5. The van der Waals surface area contributed by atoms with Crippen molar-refractivity contribution >= 4 is 23.2 Å². The van der Waals surface area contributed by atoms with E-state index in [0.717, 1.165) is 16.0 Å². The van der Waals surface area contributed by atoms with Crippen LogP contribution < -0.4 is 10.1 Å². The molecular weight excluding hydrogens is 434 g/mol. The number of nitrogens with one attached hydrogen (secondary N) is 2. The van der Waals surface area contributed by atoms with Gasteiger partial charge in [-0.1, -0.05) is 12.1 Å². The molecule has 8 heteroatoms. The van der Waals surface area contributed by atoms with Crippen LogP contribution in [0, 0.1) is 16.7 Å². The Morgan fingerprint density at radius 3 is 2.73 bits per heavy atom. The number of pyridine rings is 1. The summed E-state index contributed by atoms with van der Waals surface area (Å²) in [5.41, 5.74) is 2.21. The summed E-state index contributed by atoms with van der Waals surface area (Å²) in [7, 11) is 1.59. The van der Waals surface area contributed by atoms with Crippen molar-refractivity contribution in [3.63, 3.8) is 0 Å². The van der Waals surface area contributed by atoms with Gasteiger partial charge in [-0.15, -0.1) is 11.3 Å². The van der Waals surface area contributed by atoms with E-state index in [4.69, 9.17) is 10.1 Å². The second kappa shape index (κ2) is 8.68. The molecule has 3 aromatic rings. The number of nitrogens with zero attached hydrogens (tertiary/aromatic N) is 3. The summed E-state index contributed by atoms with van der Waals surface area (Å²) in [4.78, 5) is 20.2. The maximum atomic E-state index is 13.4. The fraction of sp³-hybridized carbons (Fsp3) is 0.280. The molecule has 0 radical (unpaired) electrons. The van der Waals surface area contributed by atoms with E-state index >= 15 is 0 Å². The molecule has 1 aromatic carbocycles. The Labute approximate surface area is 197 Å². The van der Waals surface area contributed by atoms with Crippen molar-refractivity contribution in [3.05, 3.63) is 70.2 Å². The molecule has 1 aliphatic rings. The van der Waals surface area contributed by atoms with Gasteiger partial charge in [-0.25, -0.2) is 0 Å². The molecule has 0 saturated carbocycles. The van der Waals surface area contributed by atoms with Gasteiger partial charge in [0, 0.05) is 11.9 Å². The molecule has 0 bridgehead atoms. The van der Waals surface area contributed by atoms with Crippen LogP contribution in [0.1, 0.15) is 42.8 Å². The zero-order valence-corrected chi connectivity index (χ0v) is 19.7. The molecule has 4 rings (SSSR count). The molecule has 1 unspecified atom stereocenters. The van der Waals surface area contributed by atoms with E-state index in [9.17, 15) is 10.1 Å². The van der Waals surface area contributed by atoms with Crippen LogP contribution in [0.4, 0.5) is 0 Å². The summed E-state index contributed by atoms with van der Waals surface area (Å²) < 4.78 is 5.70. The van der Waals surface area contributed by atoms with Crippen LogP contribution in [0.5, 0.6) is 5.75 Å². The molecule has 1 saturated heterocycles. The smallest absolute Gasteiger partial charge is 0.240 e. The fourth-order valence-corrected chi connectivity index (χ4v) is 5.08. The third-order valence-corrected chi connectivity index (χ3v) is 6.90. The van der Waals surface area contributed by atoms with Crippen molar-refractivity contribution in [1.82, 2.24) is 15.2 Å². The molecule has 7 nitrogen and oxygen atoms in total. The van der Waals surface area contributed by atoms with Crippen LogP contribution in [0.25, 0.3) is 11.1 Å². The fourth-order valence-electron chi connectivity index (χ4n) is 4.01. The number of hydrogen-bond donors (Lipinski definition) is 2. The number of benzene rings is 1. The van der Waals surface area contributed by atoms with Gasteiger partial charge in [-0.05, 0) is 67.6 Å². The number of likely N-dealkylation sites (N-methyl/N-ethyl adjacent to an activating group) is 1. The van der Waals surface area contributed by atoms with Crippen LogP contribution in [0.3, 0.4) is 0 Å². The quantitative estimate of drug-likeness (QED) is 0.586. The third-order valence-electron chi connectivity index (χ3n) is 5.73. The van der Waals surface area contributed by atoms with E-state index in [1.165, 1.54) is 16.2 Å². The minimum atomic E-state index is -0.871. The second-order valence-corrected chi connectivity index (χ2v) is 9.40. The van der Waals surface area contributed by atoms with E-state index in [0.29, 0.717) is 17.0 Å². The van der Waals surface area contributed by atoms with Crippen LogP contribution >= 0.6 is 11.3 Å². The van der Waals surface area contributed by atoms with E-state index in [1.807, 2.05) is 62.5 Å². The first-order chi connectivity index (χ1) is 15.7. The molecule has 3 heterocycles. The van der Waals surface area contributed by atoms with Gasteiger partial charge < -0.3 is 10.1 Å². The first-order valence-electron chi connectivity index (χ1n) is 10.6. The average Bonchev–Trinajstić information content (AvgIpc) is 3.30.